The Morgan fingerprint density at radius 1 is 0.650 bits per heavy atom. The van der Waals surface area contributed by atoms with E-state index in [4.69, 9.17) is 0 Å². The molecule has 0 aliphatic rings. The number of benzene rings is 5. The van der Waals surface area contributed by atoms with Crippen LogP contribution < -0.4 is 26.5 Å². The third kappa shape index (κ3) is 5.56. The van der Waals surface area contributed by atoms with E-state index in [2.05, 4.69) is 116 Å². The molecule has 5 aromatic rings. The fraction of sp³-hybridized carbons (Fsp3) is 0.0270. The number of allylic oxidation sites excluding steroid dienone is 5. The van der Waals surface area contributed by atoms with Crippen LogP contribution in [0.2, 0.25) is 0 Å². The first-order valence-electron chi connectivity index (χ1n) is 13.4. The van der Waals surface area contributed by atoms with Crippen molar-refractivity contribution >= 4 is 41.9 Å². The van der Waals surface area contributed by atoms with Gasteiger partial charge in [0.25, 0.3) is 0 Å². The van der Waals surface area contributed by atoms with E-state index in [1.54, 1.807) is 0 Å². The van der Waals surface area contributed by atoms with E-state index in [-0.39, 0.29) is 0 Å². The highest BCUT2D eigenvalue weighted by atomic mass is 31.2. The van der Waals surface area contributed by atoms with Gasteiger partial charge < -0.3 is 0 Å². The molecule has 0 bridgehead atoms. The quantitative estimate of drug-likeness (QED) is 0.146. The summed E-state index contributed by atoms with van der Waals surface area (Å²) in [5.74, 6) is 0. The Hall–Kier alpha value is -3.86. The summed E-state index contributed by atoms with van der Waals surface area (Å²) in [5.41, 5.74) is 2.19. The second-order valence-corrected chi connectivity index (χ2v) is 14.3. The van der Waals surface area contributed by atoms with Crippen LogP contribution in [0.1, 0.15) is 6.92 Å². The van der Waals surface area contributed by atoms with E-state index < -0.39 is 15.4 Å². The molecule has 0 aliphatic heterocycles. The van der Waals surface area contributed by atoms with Crippen molar-refractivity contribution in [1.29, 1.82) is 0 Å². The van der Waals surface area contributed by atoms with Crippen LogP contribution in [0.25, 0.3) is 11.1 Å². The monoisotopic (exact) mass is 555 g/mol. The molecule has 0 aromatic heterocycles. The molecule has 0 amide bonds. The summed E-state index contributed by atoms with van der Waals surface area (Å²) in [5, 5.41) is 6.52. The summed E-state index contributed by atoms with van der Waals surface area (Å²) in [6.45, 7) is 6.24. The largest absolute Gasteiger partial charge is 0.239 e. The van der Waals surface area contributed by atoms with Crippen LogP contribution in [0.4, 0.5) is 0 Å². The molecular formula is C37H33OP2+. The highest BCUT2D eigenvalue weighted by Gasteiger charge is 2.46. The van der Waals surface area contributed by atoms with Crippen molar-refractivity contribution < 1.29 is 4.89 Å². The Bertz CT molecular complexity index is 1580. The minimum atomic E-state index is -2.94. The first-order valence-corrected chi connectivity index (χ1v) is 16.5. The summed E-state index contributed by atoms with van der Waals surface area (Å²) in [6, 6.07) is 48.0. The zero-order valence-electron chi connectivity index (χ0n) is 22.6. The minimum absolute atomic E-state index is 0.905. The molecule has 0 fully saturated rings. The second kappa shape index (κ2) is 13.0. The van der Waals surface area contributed by atoms with Gasteiger partial charge in [0, 0.05) is 5.56 Å². The summed E-state index contributed by atoms with van der Waals surface area (Å²) in [6.07, 6.45) is 8.29. The lowest BCUT2D eigenvalue weighted by Gasteiger charge is -2.26. The van der Waals surface area contributed by atoms with Crippen LogP contribution >= 0.6 is 15.4 Å². The molecule has 5 aromatic carbocycles. The normalized spacial score (nSPS) is 12.8. The van der Waals surface area contributed by atoms with Crippen LogP contribution in [0, 0.1) is 0 Å². The van der Waals surface area contributed by atoms with Gasteiger partial charge in [-0.15, -0.1) is 0 Å². The number of hydrogen-bond donors (Lipinski definition) is 1. The van der Waals surface area contributed by atoms with Gasteiger partial charge in [0.05, 0.1) is 0 Å². The summed E-state index contributed by atoms with van der Waals surface area (Å²) >= 11 is 0. The van der Waals surface area contributed by atoms with Crippen molar-refractivity contribution in [2.75, 3.05) is 0 Å². The van der Waals surface area contributed by atoms with E-state index in [0.717, 1.165) is 27.0 Å². The van der Waals surface area contributed by atoms with Crippen molar-refractivity contribution in [2.24, 2.45) is 0 Å². The first-order chi connectivity index (χ1) is 19.7. The van der Waals surface area contributed by atoms with Gasteiger partial charge in [0.2, 0.25) is 7.49 Å². The predicted molar refractivity (Wildman–Crippen MR) is 179 cm³/mol. The SMILES string of the molecule is C=CC(=CC=CC)P(c1ccccc1)c1ccccc1-c1ccccc1[P+](O)(c1ccccc1)c1ccccc1. The third-order valence-electron chi connectivity index (χ3n) is 6.89. The van der Waals surface area contributed by atoms with E-state index in [9.17, 15) is 4.89 Å². The molecule has 1 unspecified atom stereocenters. The molecule has 3 heteroatoms. The zero-order valence-corrected chi connectivity index (χ0v) is 24.4. The van der Waals surface area contributed by atoms with Gasteiger partial charge in [0.15, 0.2) is 0 Å². The smallest absolute Gasteiger partial charge is 0.235 e. The Morgan fingerprint density at radius 2 is 1.15 bits per heavy atom. The molecule has 0 radical (unpaired) electrons. The van der Waals surface area contributed by atoms with Gasteiger partial charge in [-0.05, 0) is 66.7 Å². The molecule has 0 spiro atoms. The zero-order chi connectivity index (χ0) is 27.8. The van der Waals surface area contributed by atoms with E-state index >= 15 is 0 Å². The van der Waals surface area contributed by atoms with Crippen LogP contribution in [0.15, 0.2) is 176 Å². The summed E-state index contributed by atoms with van der Waals surface area (Å²) < 4.78 is 0. The highest BCUT2D eigenvalue weighted by Crippen LogP contribution is 2.54. The third-order valence-corrected chi connectivity index (χ3v) is 12.6. The van der Waals surface area contributed by atoms with Crippen molar-refractivity contribution in [2.45, 2.75) is 6.92 Å². The van der Waals surface area contributed by atoms with Crippen molar-refractivity contribution in [3.05, 3.63) is 176 Å². The van der Waals surface area contributed by atoms with Crippen LogP contribution in [-0.4, -0.2) is 4.89 Å². The van der Waals surface area contributed by atoms with Gasteiger partial charge in [-0.25, -0.2) is 4.89 Å². The summed E-state index contributed by atoms with van der Waals surface area (Å²) in [4.78, 5) is 12.9. The maximum Gasteiger partial charge on any atom is 0.239 e. The average Bonchev–Trinajstić information content (AvgIpc) is 3.04. The van der Waals surface area contributed by atoms with E-state index in [0.29, 0.717) is 0 Å². The lowest BCUT2D eigenvalue weighted by molar-refractivity contribution is 0.633. The standard InChI is InChI=1S/C37H33OP2/c1-3-5-19-30(4-2)39(31-20-9-6-10-21-31)36-28-17-15-26-34(36)35-27-16-18-29-37(35)40(38,32-22-11-7-12-23-32)33-24-13-8-14-25-33/h3-29,38H,2H2,1H3/q+1. The minimum Gasteiger partial charge on any atom is -0.235 e. The first kappa shape index (κ1) is 27.7. The molecule has 0 aliphatic carbocycles. The lowest BCUT2D eigenvalue weighted by Crippen LogP contribution is -2.32. The Labute approximate surface area is 240 Å². The van der Waals surface area contributed by atoms with Crippen molar-refractivity contribution in [3.63, 3.8) is 0 Å². The van der Waals surface area contributed by atoms with Gasteiger partial charge >= 0.3 is 0 Å². The fourth-order valence-corrected chi connectivity index (χ4v) is 10.3. The molecule has 1 N–H and O–H groups in total. The maximum absolute atomic E-state index is 12.9. The van der Waals surface area contributed by atoms with Crippen LogP contribution in [0.3, 0.4) is 0 Å². The lowest BCUT2D eigenvalue weighted by atomic mass is 10.1. The van der Waals surface area contributed by atoms with Crippen molar-refractivity contribution in [3.8, 4) is 11.1 Å². The van der Waals surface area contributed by atoms with Crippen molar-refractivity contribution in [1.82, 2.24) is 0 Å². The number of hydrogen-bond acceptors (Lipinski definition) is 1. The van der Waals surface area contributed by atoms with Gasteiger partial charge in [-0.1, -0.05) is 140 Å². The molecule has 196 valence electrons. The molecule has 40 heavy (non-hydrogen) atoms. The average molecular weight is 556 g/mol. The molecule has 0 saturated carbocycles. The van der Waals surface area contributed by atoms with Crippen LogP contribution in [0.5, 0.6) is 0 Å². The van der Waals surface area contributed by atoms with Gasteiger partial charge in [-0.2, -0.15) is 0 Å². The highest BCUT2D eigenvalue weighted by molar-refractivity contribution is 7.91. The topological polar surface area (TPSA) is 20.2 Å². The molecule has 5 rings (SSSR count). The second-order valence-electron chi connectivity index (χ2n) is 9.33. The molecule has 1 nitrogen and oxygen atoms in total. The van der Waals surface area contributed by atoms with E-state index in [1.807, 2.05) is 61.5 Å². The van der Waals surface area contributed by atoms with E-state index in [1.165, 1.54) is 15.9 Å². The molecular weight excluding hydrogens is 522 g/mol. The molecule has 1 atom stereocenters. The Morgan fingerprint density at radius 3 is 1.73 bits per heavy atom. The van der Waals surface area contributed by atoms with Gasteiger partial charge in [0.1, 0.15) is 15.9 Å². The summed E-state index contributed by atoms with van der Waals surface area (Å²) in [7, 11) is -3.84. The Kier molecular flexibility index (Phi) is 9.00. The number of rotatable bonds is 9. The van der Waals surface area contributed by atoms with Crippen LogP contribution in [-0.2, 0) is 0 Å². The molecule has 0 saturated heterocycles. The fourth-order valence-electron chi connectivity index (χ4n) is 5.03. The maximum atomic E-state index is 12.9. The Balaban J connectivity index is 1.79. The predicted octanol–water partition coefficient (Wildman–Crippen LogP) is 7.63. The van der Waals surface area contributed by atoms with Gasteiger partial charge in [-0.3, -0.25) is 0 Å². The molecule has 0 heterocycles.